The predicted octanol–water partition coefficient (Wildman–Crippen LogP) is 4.83. The summed E-state index contributed by atoms with van der Waals surface area (Å²) in [7, 11) is 1.21. The summed E-state index contributed by atoms with van der Waals surface area (Å²) in [6.45, 7) is 2.88. The summed E-state index contributed by atoms with van der Waals surface area (Å²) in [6.07, 6.45) is -5.81. The van der Waals surface area contributed by atoms with Crippen molar-refractivity contribution in [1.82, 2.24) is 9.97 Å². The third-order valence-electron chi connectivity index (χ3n) is 4.40. The highest BCUT2D eigenvalue weighted by molar-refractivity contribution is 6.32. The lowest BCUT2D eigenvalue weighted by atomic mass is 9.99. The van der Waals surface area contributed by atoms with Gasteiger partial charge >= 0.3 is 12.1 Å². The molecule has 1 atom stereocenters. The number of aromatic nitrogens is 2. The molecule has 6 nitrogen and oxygen atoms in total. The fraction of sp³-hybridized carbons (Fsp3) is 0.250. The van der Waals surface area contributed by atoms with Crippen LogP contribution in [-0.2, 0) is 10.9 Å². The van der Waals surface area contributed by atoms with Crippen LogP contribution in [0.5, 0.6) is 5.75 Å². The van der Waals surface area contributed by atoms with Crippen molar-refractivity contribution in [2.24, 2.45) is 0 Å². The molecule has 0 unspecified atom stereocenters. The second kappa shape index (κ2) is 7.98. The monoisotopic (exact) mass is 440 g/mol. The van der Waals surface area contributed by atoms with Gasteiger partial charge in [0, 0.05) is 5.56 Å². The number of carbonyl (C=O) groups excluding carboxylic acids is 1. The minimum Gasteiger partial charge on any atom is -0.484 e. The second-order valence-electron chi connectivity index (χ2n) is 6.50. The summed E-state index contributed by atoms with van der Waals surface area (Å²) in [5, 5.41) is 0.0282. The minimum atomic E-state index is -4.70. The first-order valence-corrected chi connectivity index (χ1v) is 9.05. The number of alkyl halides is 3. The van der Waals surface area contributed by atoms with Gasteiger partial charge in [0.25, 0.3) is 5.56 Å². The van der Waals surface area contributed by atoms with Crippen molar-refractivity contribution in [1.29, 1.82) is 0 Å². The van der Waals surface area contributed by atoms with E-state index < -0.39 is 29.4 Å². The summed E-state index contributed by atoms with van der Waals surface area (Å²) in [5.74, 6) is -0.344. The van der Waals surface area contributed by atoms with Crippen molar-refractivity contribution in [3.05, 3.63) is 68.2 Å². The molecule has 2 aromatic carbocycles. The molecule has 3 rings (SSSR count). The molecule has 3 aromatic rings. The van der Waals surface area contributed by atoms with E-state index in [0.29, 0.717) is 0 Å². The van der Waals surface area contributed by atoms with Gasteiger partial charge in [0.1, 0.15) is 17.7 Å². The van der Waals surface area contributed by atoms with Crippen molar-refractivity contribution in [3.8, 4) is 5.75 Å². The Kier molecular flexibility index (Phi) is 5.76. The molecule has 0 saturated carbocycles. The summed E-state index contributed by atoms with van der Waals surface area (Å²) >= 11 is 6.11. The number of aromatic amines is 1. The molecule has 1 heterocycles. The van der Waals surface area contributed by atoms with Crippen molar-refractivity contribution in [2.75, 3.05) is 7.11 Å². The maximum absolute atomic E-state index is 13.7. The van der Waals surface area contributed by atoms with Gasteiger partial charge in [-0.3, -0.25) is 4.79 Å². The standard InChI is InChI=1S/C20H16ClF3N2O4/c1-9(30-17-5-4-11(6-15(17)21)19(28)29-3)12-7-13-16(8-14(12)20(22,23)24)25-10(2)26-18(13)27/h4-9H,1-3H3,(H,25,26,27)/t9-/m0/s1. The van der Waals surface area contributed by atoms with E-state index >= 15 is 0 Å². The van der Waals surface area contributed by atoms with E-state index in [-0.39, 0.29) is 38.6 Å². The Hall–Kier alpha value is -3.07. The zero-order chi connectivity index (χ0) is 22.2. The molecular weight excluding hydrogens is 425 g/mol. The van der Waals surface area contributed by atoms with E-state index in [4.69, 9.17) is 16.3 Å². The van der Waals surface area contributed by atoms with Gasteiger partial charge in [-0.25, -0.2) is 9.78 Å². The molecular formula is C20H16ClF3N2O4. The van der Waals surface area contributed by atoms with Crippen LogP contribution in [0.2, 0.25) is 5.02 Å². The van der Waals surface area contributed by atoms with E-state index in [2.05, 4.69) is 14.7 Å². The number of halogens is 4. The number of rotatable bonds is 4. The number of nitrogens with one attached hydrogen (secondary N) is 1. The molecule has 0 amide bonds. The second-order valence-corrected chi connectivity index (χ2v) is 6.91. The SMILES string of the molecule is COC(=O)c1ccc(O[C@@H](C)c2cc3c(=O)[nH]c(C)nc3cc2C(F)(F)F)c(Cl)c1. The number of methoxy groups -OCH3 is 1. The van der Waals surface area contributed by atoms with Gasteiger partial charge in [0.05, 0.1) is 34.2 Å². The molecule has 1 N–H and O–H groups in total. The number of ether oxygens (including phenoxy) is 2. The molecule has 0 bridgehead atoms. The highest BCUT2D eigenvalue weighted by atomic mass is 35.5. The average molecular weight is 441 g/mol. The maximum atomic E-state index is 13.7. The first-order chi connectivity index (χ1) is 14.0. The number of benzene rings is 2. The predicted molar refractivity (Wildman–Crippen MR) is 104 cm³/mol. The van der Waals surface area contributed by atoms with Crippen molar-refractivity contribution in [2.45, 2.75) is 26.1 Å². The van der Waals surface area contributed by atoms with E-state index in [1.54, 1.807) is 0 Å². The summed E-state index contributed by atoms with van der Waals surface area (Å²) in [4.78, 5) is 30.2. The Labute approximate surface area is 173 Å². The van der Waals surface area contributed by atoms with Crippen molar-refractivity contribution >= 4 is 28.5 Å². The first kappa shape index (κ1) is 21.6. The average Bonchev–Trinajstić information content (AvgIpc) is 2.67. The molecule has 1 aromatic heterocycles. The molecule has 0 aliphatic carbocycles. The van der Waals surface area contributed by atoms with Gasteiger partial charge < -0.3 is 14.5 Å². The Morgan fingerprint density at radius 1 is 1.23 bits per heavy atom. The van der Waals surface area contributed by atoms with Crippen LogP contribution < -0.4 is 10.3 Å². The Morgan fingerprint density at radius 3 is 2.53 bits per heavy atom. The van der Waals surface area contributed by atoms with Gasteiger partial charge in [-0.15, -0.1) is 0 Å². The summed E-state index contributed by atoms with van der Waals surface area (Å²) in [6, 6.07) is 5.97. The maximum Gasteiger partial charge on any atom is 0.416 e. The number of carbonyl (C=O) groups is 1. The Balaban J connectivity index is 2.07. The zero-order valence-corrected chi connectivity index (χ0v) is 16.8. The van der Waals surface area contributed by atoms with Crippen LogP contribution in [0.25, 0.3) is 10.9 Å². The van der Waals surface area contributed by atoms with Crippen LogP contribution in [0.15, 0.2) is 35.1 Å². The smallest absolute Gasteiger partial charge is 0.416 e. The molecule has 0 saturated heterocycles. The van der Waals surface area contributed by atoms with Crippen LogP contribution in [-0.4, -0.2) is 23.0 Å². The lowest BCUT2D eigenvalue weighted by Gasteiger charge is -2.21. The largest absolute Gasteiger partial charge is 0.484 e. The van der Waals surface area contributed by atoms with E-state index in [9.17, 15) is 22.8 Å². The number of aryl methyl sites for hydroxylation is 1. The third kappa shape index (κ3) is 4.25. The van der Waals surface area contributed by atoms with Crippen LogP contribution in [0, 0.1) is 6.92 Å². The number of H-pyrrole nitrogens is 1. The lowest BCUT2D eigenvalue weighted by Crippen LogP contribution is -2.17. The normalized spacial score (nSPS) is 12.6. The number of fused-ring (bicyclic) bond motifs is 1. The Bertz CT molecular complexity index is 1190. The van der Waals surface area contributed by atoms with E-state index in [1.807, 2.05) is 0 Å². The molecule has 0 fully saturated rings. The van der Waals surface area contributed by atoms with Crippen LogP contribution in [0.4, 0.5) is 13.2 Å². The quantitative estimate of drug-likeness (QED) is 0.588. The number of nitrogens with zero attached hydrogens (tertiary/aromatic N) is 1. The van der Waals surface area contributed by atoms with Gasteiger partial charge in [-0.2, -0.15) is 13.2 Å². The lowest BCUT2D eigenvalue weighted by molar-refractivity contribution is -0.138. The van der Waals surface area contributed by atoms with Crippen LogP contribution >= 0.6 is 11.6 Å². The minimum absolute atomic E-state index is 0.00573. The number of hydrogen-bond acceptors (Lipinski definition) is 5. The van der Waals surface area contributed by atoms with Gasteiger partial charge in [-0.1, -0.05) is 11.6 Å². The van der Waals surface area contributed by atoms with Crippen molar-refractivity contribution in [3.63, 3.8) is 0 Å². The Morgan fingerprint density at radius 2 is 1.93 bits per heavy atom. The molecule has 0 spiro atoms. The zero-order valence-electron chi connectivity index (χ0n) is 16.1. The highest BCUT2D eigenvalue weighted by Gasteiger charge is 2.36. The summed E-state index contributed by atoms with van der Waals surface area (Å²) in [5.41, 5.74) is -1.68. The highest BCUT2D eigenvalue weighted by Crippen LogP contribution is 2.38. The molecule has 0 aliphatic heterocycles. The fourth-order valence-corrected chi connectivity index (χ4v) is 3.22. The van der Waals surface area contributed by atoms with Crippen molar-refractivity contribution < 1.29 is 27.4 Å². The van der Waals surface area contributed by atoms with Gasteiger partial charge in [0.2, 0.25) is 0 Å². The summed E-state index contributed by atoms with van der Waals surface area (Å²) < 4.78 is 51.3. The van der Waals surface area contributed by atoms with Gasteiger partial charge in [-0.05, 0) is 44.2 Å². The molecule has 158 valence electrons. The number of hydrogen-bond donors (Lipinski definition) is 1. The van der Waals surface area contributed by atoms with E-state index in [1.165, 1.54) is 39.2 Å². The molecule has 10 heteroatoms. The molecule has 0 aliphatic rings. The molecule has 0 radical (unpaired) electrons. The molecule has 30 heavy (non-hydrogen) atoms. The fourth-order valence-electron chi connectivity index (χ4n) is 3.00. The van der Waals surface area contributed by atoms with Crippen LogP contribution in [0.1, 0.15) is 40.3 Å². The van der Waals surface area contributed by atoms with E-state index in [0.717, 1.165) is 12.1 Å². The van der Waals surface area contributed by atoms with Crippen LogP contribution in [0.3, 0.4) is 0 Å². The topological polar surface area (TPSA) is 81.3 Å². The first-order valence-electron chi connectivity index (χ1n) is 8.67. The van der Waals surface area contributed by atoms with Gasteiger partial charge in [0.15, 0.2) is 0 Å². The number of esters is 1. The third-order valence-corrected chi connectivity index (χ3v) is 4.69.